The molecule has 0 aliphatic heterocycles. The monoisotopic (exact) mass is 323 g/mol. The number of rotatable bonds is 2. The Hall–Kier alpha value is -1.32. The first-order valence-corrected chi connectivity index (χ1v) is 6.56. The van der Waals surface area contributed by atoms with Crippen LogP contribution in [-0.2, 0) is 0 Å². The number of anilines is 1. The molecule has 2 rings (SSSR count). The van der Waals surface area contributed by atoms with Gasteiger partial charge in [-0.15, -0.1) is 0 Å². The molecular weight excluding hydrogens is 314 g/mol. The van der Waals surface area contributed by atoms with Crippen molar-refractivity contribution in [1.82, 2.24) is 0 Å². The van der Waals surface area contributed by atoms with E-state index in [9.17, 15) is 4.79 Å². The van der Waals surface area contributed by atoms with E-state index >= 15 is 0 Å². The van der Waals surface area contributed by atoms with Gasteiger partial charge >= 0.3 is 0 Å². The molecule has 0 spiro atoms. The van der Waals surface area contributed by atoms with Crippen molar-refractivity contribution in [2.45, 2.75) is 6.92 Å². The molecule has 1 amide bonds. The number of amides is 1. The fraction of sp³-hybridized carbons (Fsp3) is 0.0714. The Bertz CT molecular complexity index is 598. The summed E-state index contributed by atoms with van der Waals surface area (Å²) < 4.78 is 0.872. The Morgan fingerprint density at radius 3 is 2.67 bits per heavy atom. The standard InChI is InChI=1S/C14H11BrClNO/c1-9-5-6-12(8-13(9)16)17-14(18)10-3-2-4-11(15)7-10/h2-8H,1H3,(H,17,18). The van der Waals surface area contributed by atoms with Gasteiger partial charge in [0, 0.05) is 20.7 Å². The second-order valence-electron chi connectivity index (χ2n) is 3.93. The van der Waals surface area contributed by atoms with E-state index in [1.54, 1.807) is 18.2 Å². The molecule has 0 heterocycles. The third kappa shape index (κ3) is 3.12. The van der Waals surface area contributed by atoms with Crippen LogP contribution in [0.3, 0.4) is 0 Å². The first-order valence-electron chi connectivity index (χ1n) is 5.39. The number of hydrogen-bond donors (Lipinski definition) is 1. The molecule has 0 aromatic heterocycles. The number of benzene rings is 2. The van der Waals surface area contributed by atoms with E-state index in [2.05, 4.69) is 21.2 Å². The minimum absolute atomic E-state index is 0.156. The Balaban J connectivity index is 2.18. The Morgan fingerprint density at radius 2 is 2.00 bits per heavy atom. The van der Waals surface area contributed by atoms with Gasteiger partial charge in [-0.2, -0.15) is 0 Å². The van der Waals surface area contributed by atoms with Gasteiger partial charge in [-0.25, -0.2) is 0 Å². The zero-order chi connectivity index (χ0) is 13.1. The van der Waals surface area contributed by atoms with E-state index in [1.165, 1.54) is 0 Å². The van der Waals surface area contributed by atoms with E-state index in [-0.39, 0.29) is 5.91 Å². The maximum absolute atomic E-state index is 12.0. The van der Waals surface area contributed by atoms with Crippen molar-refractivity contribution in [2.24, 2.45) is 0 Å². The molecule has 0 unspecified atom stereocenters. The van der Waals surface area contributed by atoms with E-state index in [0.29, 0.717) is 16.3 Å². The van der Waals surface area contributed by atoms with Gasteiger partial charge in [0.15, 0.2) is 0 Å². The highest BCUT2D eigenvalue weighted by Gasteiger charge is 2.07. The molecule has 2 aromatic rings. The van der Waals surface area contributed by atoms with Gasteiger partial charge in [0.25, 0.3) is 5.91 Å². The van der Waals surface area contributed by atoms with Crippen LogP contribution in [0.15, 0.2) is 46.9 Å². The van der Waals surface area contributed by atoms with Gasteiger partial charge in [-0.05, 0) is 42.8 Å². The maximum Gasteiger partial charge on any atom is 0.255 e. The molecule has 1 N–H and O–H groups in total. The zero-order valence-corrected chi connectivity index (χ0v) is 12.0. The number of halogens is 2. The molecule has 0 atom stereocenters. The SMILES string of the molecule is Cc1ccc(NC(=O)c2cccc(Br)c2)cc1Cl. The van der Waals surface area contributed by atoms with Gasteiger partial charge in [-0.1, -0.05) is 39.7 Å². The summed E-state index contributed by atoms with van der Waals surface area (Å²) in [6.45, 7) is 1.92. The summed E-state index contributed by atoms with van der Waals surface area (Å²) in [6.07, 6.45) is 0. The summed E-state index contributed by atoms with van der Waals surface area (Å²) in [5, 5.41) is 3.45. The lowest BCUT2D eigenvalue weighted by molar-refractivity contribution is 0.102. The van der Waals surface area contributed by atoms with E-state index in [0.717, 1.165) is 10.0 Å². The first-order chi connectivity index (χ1) is 8.56. The molecule has 92 valence electrons. The minimum atomic E-state index is -0.156. The maximum atomic E-state index is 12.0. The Morgan fingerprint density at radius 1 is 1.22 bits per heavy atom. The van der Waals surface area contributed by atoms with Crippen LogP contribution in [-0.4, -0.2) is 5.91 Å². The van der Waals surface area contributed by atoms with Crippen molar-refractivity contribution in [2.75, 3.05) is 5.32 Å². The summed E-state index contributed by atoms with van der Waals surface area (Å²) in [5.41, 5.74) is 2.27. The number of hydrogen-bond acceptors (Lipinski definition) is 1. The predicted molar refractivity (Wildman–Crippen MR) is 78.3 cm³/mol. The predicted octanol–water partition coefficient (Wildman–Crippen LogP) is 4.66. The minimum Gasteiger partial charge on any atom is -0.322 e. The fourth-order valence-electron chi connectivity index (χ4n) is 1.50. The average molecular weight is 325 g/mol. The van der Waals surface area contributed by atoms with E-state index < -0.39 is 0 Å². The highest BCUT2D eigenvalue weighted by molar-refractivity contribution is 9.10. The largest absolute Gasteiger partial charge is 0.322 e. The highest BCUT2D eigenvalue weighted by atomic mass is 79.9. The van der Waals surface area contributed by atoms with Crippen LogP contribution in [0.25, 0.3) is 0 Å². The lowest BCUT2D eigenvalue weighted by Crippen LogP contribution is -2.11. The number of carbonyl (C=O) groups excluding carboxylic acids is 1. The third-order valence-corrected chi connectivity index (χ3v) is 3.42. The molecular formula is C14H11BrClNO. The normalized spacial score (nSPS) is 10.2. The Kier molecular flexibility index (Phi) is 4.04. The van der Waals surface area contributed by atoms with Gasteiger partial charge in [0.2, 0.25) is 0 Å². The molecule has 2 nitrogen and oxygen atoms in total. The van der Waals surface area contributed by atoms with Gasteiger partial charge in [-0.3, -0.25) is 4.79 Å². The lowest BCUT2D eigenvalue weighted by atomic mass is 10.2. The molecule has 0 saturated heterocycles. The molecule has 4 heteroatoms. The van der Waals surface area contributed by atoms with Gasteiger partial charge < -0.3 is 5.32 Å². The molecule has 0 fully saturated rings. The number of nitrogens with one attached hydrogen (secondary N) is 1. The quantitative estimate of drug-likeness (QED) is 0.855. The average Bonchev–Trinajstić information content (AvgIpc) is 2.34. The lowest BCUT2D eigenvalue weighted by Gasteiger charge is -2.07. The van der Waals surface area contributed by atoms with Crippen LogP contribution >= 0.6 is 27.5 Å². The molecule has 0 aliphatic carbocycles. The molecule has 0 bridgehead atoms. The smallest absolute Gasteiger partial charge is 0.255 e. The van der Waals surface area contributed by atoms with Crippen LogP contribution in [0, 0.1) is 6.92 Å². The van der Waals surface area contributed by atoms with Crippen molar-refractivity contribution in [3.63, 3.8) is 0 Å². The topological polar surface area (TPSA) is 29.1 Å². The van der Waals surface area contributed by atoms with Crippen LogP contribution in [0.2, 0.25) is 5.02 Å². The summed E-state index contributed by atoms with van der Waals surface area (Å²) in [6, 6.07) is 12.7. The van der Waals surface area contributed by atoms with Gasteiger partial charge in [0.05, 0.1) is 0 Å². The number of aryl methyl sites for hydroxylation is 1. The summed E-state index contributed by atoms with van der Waals surface area (Å²) in [5.74, 6) is -0.156. The summed E-state index contributed by atoms with van der Waals surface area (Å²) in [7, 11) is 0. The van der Waals surface area contributed by atoms with Crippen molar-refractivity contribution in [1.29, 1.82) is 0 Å². The fourth-order valence-corrected chi connectivity index (χ4v) is 2.08. The molecule has 0 saturated carbocycles. The second kappa shape index (κ2) is 5.55. The molecule has 0 aliphatic rings. The third-order valence-electron chi connectivity index (χ3n) is 2.52. The number of carbonyl (C=O) groups is 1. The molecule has 0 radical (unpaired) electrons. The van der Waals surface area contributed by atoms with Crippen molar-refractivity contribution in [3.8, 4) is 0 Å². The van der Waals surface area contributed by atoms with Gasteiger partial charge in [0.1, 0.15) is 0 Å². The van der Waals surface area contributed by atoms with E-state index in [4.69, 9.17) is 11.6 Å². The van der Waals surface area contributed by atoms with Crippen LogP contribution < -0.4 is 5.32 Å². The molecule has 18 heavy (non-hydrogen) atoms. The van der Waals surface area contributed by atoms with E-state index in [1.807, 2.05) is 31.2 Å². The highest BCUT2D eigenvalue weighted by Crippen LogP contribution is 2.21. The van der Waals surface area contributed by atoms with Crippen molar-refractivity contribution >= 4 is 39.1 Å². The van der Waals surface area contributed by atoms with Crippen LogP contribution in [0.1, 0.15) is 15.9 Å². The zero-order valence-electron chi connectivity index (χ0n) is 9.71. The summed E-state index contributed by atoms with van der Waals surface area (Å²) in [4.78, 5) is 12.0. The van der Waals surface area contributed by atoms with Crippen molar-refractivity contribution in [3.05, 3.63) is 63.1 Å². The second-order valence-corrected chi connectivity index (χ2v) is 5.25. The molecule has 2 aromatic carbocycles. The van der Waals surface area contributed by atoms with Crippen LogP contribution in [0.5, 0.6) is 0 Å². The Labute approximate surface area is 119 Å². The first kappa shape index (κ1) is 13.1. The van der Waals surface area contributed by atoms with Crippen molar-refractivity contribution < 1.29 is 4.79 Å². The van der Waals surface area contributed by atoms with Crippen LogP contribution in [0.4, 0.5) is 5.69 Å². The summed E-state index contributed by atoms with van der Waals surface area (Å²) >= 11 is 9.35.